The van der Waals surface area contributed by atoms with Gasteiger partial charge >= 0.3 is 6.03 Å². The summed E-state index contributed by atoms with van der Waals surface area (Å²) in [7, 11) is 0. The van der Waals surface area contributed by atoms with Gasteiger partial charge in [0, 0.05) is 41.9 Å². The first-order chi connectivity index (χ1) is 12.3. The Bertz CT molecular complexity index is 844. The zero-order valence-electron chi connectivity index (χ0n) is 14.2. The molecule has 3 rings (SSSR count). The molecule has 2 amide bonds. The van der Waals surface area contributed by atoms with Gasteiger partial charge in [-0.15, -0.1) is 0 Å². The van der Waals surface area contributed by atoms with Gasteiger partial charge in [-0.25, -0.2) is 9.78 Å². The monoisotopic (exact) mass is 338 g/mol. The van der Waals surface area contributed by atoms with Crippen LogP contribution in [0.2, 0.25) is 0 Å². The van der Waals surface area contributed by atoms with Crippen LogP contribution in [0.1, 0.15) is 18.1 Å². The molecular formula is C19H22N4O2. The number of carbonyl (C=O) groups is 1. The van der Waals surface area contributed by atoms with E-state index in [-0.39, 0.29) is 6.03 Å². The lowest BCUT2D eigenvalue weighted by atomic mass is 10.1. The van der Waals surface area contributed by atoms with E-state index in [9.17, 15) is 4.79 Å². The van der Waals surface area contributed by atoms with Gasteiger partial charge in [-0.1, -0.05) is 24.3 Å². The van der Waals surface area contributed by atoms with E-state index in [4.69, 9.17) is 4.74 Å². The summed E-state index contributed by atoms with van der Waals surface area (Å²) in [5.74, 6) is 0.559. The number of nitrogens with one attached hydrogen (secondary N) is 3. The highest BCUT2D eigenvalue weighted by Gasteiger charge is 2.07. The highest BCUT2D eigenvalue weighted by molar-refractivity contribution is 5.83. The van der Waals surface area contributed by atoms with Crippen LogP contribution in [0.3, 0.4) is 0 Å². The van der Waals surface area contributed by atoms with Crippen LogP contribution in [0.15, 0.2) is 48.8 Å². The molecule has 0 aliphatic carbocycles. The quantitative estimate of drug-likeness (QED) is 0.619. The molecule has 2 aromatic heterocycles. The van der Waals surface area contributed by atoms with Crippen LogP contribution in [0.4, 0.5) is 4.79 Å². The van der Waals surface area contributed by atoms with E-state index in [1.807, 2.05) is 43.5 Å². The largest absolute Gasteiger partial charge is 0.478 e. The summed E-state index contributed by atoms with van der Waals surface area (Å²) in [6.45, 7) is 3.39. The number of fused-ring (bicyclic) bond motifs is 1. The number of hydrogen-bond acceptors (Lipinski definition) is 3. The maximum atomic E-state index is 12.0. The number of benzene rings is 1. The number of aromatic amines is 1. The number of nitrogens with zero attached hydrogens (tertiary/aromatic N) is 1. The molecule has 0 aliphatic rings. The Labute approximate surface area is 146 Å². The van der Waals surface area contributed by atoms with Gasteiger partial charge in [-0.2, -0.15) is 0 Å². The Kier molecular flexibility index (Phi) is 5.51. The first-order valence-corrected chi connectivity index (χ1v) is 8.41. The van der Waals surface area contributed by atoms with Crippen LogP contribution in [0, 0.1) is 0 Å². The van der Waals surface area contributed by atoms with Gasteiger partial charge in [-0.05, 0) is 31.0 Å². The smallest absolute Gasteiger partial charge is 0.315 e. The third-order valence-corrected chi connectivity index (χ3v) is 3.93. The minimum Gasteiger partial charge on any atom is -0.478 e. The third-order valence-electron chi connectivity index (χ3n) is 3.93. The molecular weight excluding hydrogens is 316 g/mol. The molecule has 3 N–H and O–H groups in total. The van der Waals surface area contributed by atoms with Crippen molar-refractivity contribution in [3.8, 4) is 5.88 Å². The standard InChI is InChI=1S/C19H22N4O2/c1-2-25-18-15(6-5-10-20-18)13-23-19(24)21-11-9-14-12-22-17-8-4-3-7-16(14)17/h3-8,10,12,22H,2,9,11,13H2,1H3,(H2,21,23,24). The van der Waals surface area contributed by atoms with Crippen molar-refractivity contribution in [2.24, 2.45) is 0 Å². The Morgan fingerprint density at radius 1 is 1.16 bits per heavy atom. The van der Waals surface area contributed by atoms with E-state index < -0.39 is 0 Å². The van der Waals surface area contributed by atoms with Gasteiger partial charge in [0.25, 0.3) is 0 Å². The van der Waals surface area contributed by atoms with Gasteiger partial charge in [0.15, 0.2) is 0 Å². The minimum atomic E-state index is -0.203. The highest BCUT2D eigenvalue weighted by Crippen LogP contribution is 2.17. The molecule has 1 aromatic carbocycles. The molecule has 25 heavy (non-hydrogen) atoms. The average Bonchev–Trinajstić information content (AvgIpc) is 3.05. The van der Waals surface area contributed by atoms with E-state index in [2.05, 4.69) is 26.7 Å². The van der Waals surface area contributed by atoms with Crippen molar-refractivity contribution in [1.29, 1.82) is 0 Å². The number of carbonyl (C=O) groups excluding carboxylic acids is 1. The number of amides is 2. The van der Waals surface area contributed by atoms with Gasteiger partial charge in [-0.3, -0.25) is 0 Å². The average molecular weight is 338 g/mol. The second-order valence-electron chi connectivity index (χ2n) is 5.62. The fourth-order valence-electron chi connectivity index (χ4n) is 2.71. The van der Waals surface area contributed by atoms with E-state index in [0.29, 0.717) is 25.6 Å². The maximum Gasteiger partial charge on any atom is 0.315 e. The molecule has 0 aliphatic heterocycles. The Morgan fingerprint density at radius 3 is 2.92 bits per heavy atom. The fraction of sp³-hybridized carbons (Fsp3) is 0.263. The van der Waals surface area contributed by atoms with Crippen molar-refractivity contribution in [3.05, 3.63) is 59.9 Å². The van der Waals surface area contributed by atoms with Crippen LogP contribution in [0.5, 0.6) is 5.88 Å². The summed E-state index contributed by atoms with van der Waals surface area (Å²) in [4.78, 5) is 19.4. The zero-order valence-corrected chi connectivity index (χ0v) is 14.2. The van der Waals surface area contributed by atoms with Crippen molar-refractivity contribution in [2.45, 2.75) is 19.9 Å². The molecule has 0 bridgehead atoms. The lowest BCUT2D eigenvalue weighted by Gasteiger charge is -2.10. The van der Waals surface area contributed by atoms with E-state index in [0.717, 1.165) is 17.5 Å². The Morgan fingerprint density at radius 2 is 2.04 bits per heavy atom. The Hall–Kier alpha value is -3.02. The molecule has 0 saturated carbocycles. The number of aromatic nitrogens is 2. The number of ether oxygens (including phenoxy) is 1. The van der Waals surface area contributed by atoms with E-state index in [1.165, 1.54) is 10.9 Å². The van der Waals surface area contributed by atoms with Crippen molar-refractivity contribution >= 4 is 16.9 Å². The molecule has 130 valence electrons. The lowest BCUT2D eigenvalue weighted by molar-refractivity contribution is 0.240. The molecule has 0 atom stereocenters. The molecule has 2 heterocycles. The summed E-state index contributed by atoms with van der Waals surface area (Å²) in [5, 5.41) is 6.92. The molecule has 0 fully saturated rings. The molecule has 0 unspecified atom stereocenters. The van der Waals surface area contributed by atoms with E-state index in [1.54, 1.807) is 6.20 Å². The number of H-pyrrole nitrogens is 1. The van der Waals surface area contributed by atoms with Crippen LogP contribution in [-0.2, 0) is 13.0 Å². The summed E-state index contributed by atoms with van der Waals surface area (Å²) in [6, 6.07) is 11.7. The van der Waals surface area contributed by atoms with Gasteiger partial charge < -0.3 is 20.4 Å². The van der Waals surface area contributed by atoms with Crippen molar-refractivity contribution in [1.82, 2.24) is 20.6 Å². The van der Waals surface area contributed by atoms with Crippen LogP contribution in [0.25, 0.3) is 10.9 Å². The van der Waals surface area contributed by atoms with Gasteiger partial charge in [0.1, 0.15) is 0 Å². The van der Waals surface area contributed by atoms with Gasteiger partial charge in [0.2, 0.25) is 5.88 Å². The van der Waals surface area contributed by atoms with E-state index >= 15 is 0 Å². The second kappa shape index (κ2) is 8.19. The number of para-hydroxylation sites is 1. The number of rotatable bonds is 7. The minimum absolute atomic E-state index is 0.203. The fourth-order valence-corrected chi connectivity index (χ4v) is 2.71. The summed E-state index contributed by atoms with van der Waals surface area (Å²) >= 11 is 0. The lowest BCUT2D eigenvalue weighted by Crippen LogP contribution is -2.36. The Balaban J connectivity index is 1.47. The van der Waals surface area contributed by atoms with Gasteiger partial charge in [0.05, 0.1) is 6.61 Å². The molecule has 0 radical (unpaired) electrons. The predicted octanol–water partition coefficient (Wildman–Crippen LogP) is 3.00. The zero-order chi connectivity index (χ0) is 17.5. The normalized spacial score (nSPS) is 10.6. The van der Waals surface area contributed by atoms with Crippen molar-refractivity contribution in [2.75, 3.05) is 13.2 Å². The summed E-state index contributed by atoms with van der Waals surface area (Å²) in [5.41, 5.74) is 3.17. The maximum absolute atomic E-state index is 12.0. The summed E-state index contributed by atoms with van der Waals surface area (Å²) < 4.78 is 5.45. The number of urea groups is 1. The molecule has 0 spiro atoms. The summed E-state index contributed by atoms with van der Waals surface area (Å²) in [6.07, 6.45) is 4.44. The third kappa shape index (κ3) is 4.29. The first-order valence-electron chi connectivity index (χ1n) is 8.41. The molecule has 6 nitrogen and oxygen atoms in total. The second-order valence-corrected chi connectivity index (χ2v) is 5.62. The number of pyridine rings is 1. The SMILES string of the molecule is CCOc1ncccc1CNC(=O)NCCc1c[nH]c2ccccc12. The highest BCUT2D eigenvalue weighted by atomic mass is 16.5. The van der Waals surface area contributed by atoms with Crippen molar-refractivity contribution < 1.29 is 9.53 Å². The van der Waals surface area contributed by atoms with Crippen LogP contribution < -0.4 is 15.4 Å². The molecule has 6 heteroatoms. The molecule has 3 aromatic rings. The molecule has 0 saturated heterocycles. The number of hydrogen-bond donors (Lipinski definition) is 3. The predicted molar refractivity (Wildman–Crippen MR) is 97.6 cm³/mol. The van der Waals surface area contributed by atoms with Crippen LogP contribution in [-0.4, -0.2) is 29.2 Å². The van der Waals surface area contributed by atoms with Crippen LogP contribution >= 0.6 is 0 Å². The van der Waals surface area contributed by atoms with Crippen molar-refractivity contribution in [3.63, 3.8) is 0 Å². The topological polar surface area (TPSA) is 79.0 Å². The first kappa shape index (κ1) is 16.8.